The number of hydrogen-bond acceptors (Lipinski definition) is 9. The van der Waals surface area contributed by atoms with Crippen molar-refractivity contribution in [2.24, 2.45) is 5.73 Å². The third-order valence-corrected chi connectivity index (χ3v) is 1.81. The highest BCUT2D eigenvalue weighted by molar-refractivity contribution is 5.72. The van der Waals surface area contributed by atoms with Gasteiger partial charge >= 0.3 is 5.97 Å². The summed E-state index contributed by atoms with van der Waals surface area (Å²) < 4.78 is 0. The smallest absolute Gasteiger partial charge is 0.320 e. The quantitative estimate of drug-likeness (QED) is 0.221. The molecule has 0 amide bonds. The highest BCUT2D eigenvalue weighted by Gasteiger charge is 2.29. The fourth-order valence-electron chi connectivity index (χ4n) is 0.618. The molecule has 0 aromatic heterocycles. The van der Waals surface area contributed by atoms with Gasteiger partial charge in [0.25, 0.3) is 0 Å². The van der Waals surface area contributed by atoms with Crippen molar-refractivity contribution in [3.05, 3.63) is 0 Å². The van der Waals surface area contributed by atoms with E-state index in [0.717, 1.165) is 7.11 Å². The molecule has 0 aromatic rings. The predicted octanol–water partition coefficient (Wildman–Crippen LogP) is -4.35. The van der Waals surface area contributed by atoms with Gasteiger partial charge in [-0.05, 0) is 6.92 Å². The van der Waals surface area contributed by atoms with Crippen LogP contribution in [0.4, 0.5) is 0 Å². The van der Waals surface area contributed by atoms with E-state index in [2.05, 4.69) is 0 Å². The van der Waals surface area contributed by atoms with Crippen LogP contribution in [0, 0.1) is 0 Å². The number of carbonyl (C=O) groups excluding carboxylic acids is 1. The zero-order valence-electron chi connectivity index (χ0n) is 11.2. The molecule has 0 aliphatic carbocycles. The van der Waals surface area contributed by atoms with E-state index in [1.807, 2.05) is 0 Å². The third kappa shape index (κ3) is 11.9. The van der Waals surface area contributed by atoms with Crippen LogP contribution in [0.15, 0.2) is 0 Å². The van der Waals surface area contributed by atoms with Gasteiger partial charge in [-0.15, -0.1) is 0 Å². The Labute approximate surface area is 115 Å². The van der Waals surface area contributed by atoms with Gasteiger partial charge in [-0.25, -0.2) is 0 Å². The lowest BCUT2D eigenvalue weighted by atomic mass is 10.0. The molecule has 9 N–H and O–H groups in total. The van der Waals surface area contributed by atoms with E-state index in [9.17, 15) is 9.59 Å². The molecular formula is C10H23NO9. The summed E-state index contributed by atoms with van der Waals surface area (Å²) in [5, 5.41) is 58.4. The largest absolute Gasteiger partial charge is 0.480 e. The molecule has 0 bridgehead atoms. The molecule has 0 aliphatic rings. The van der Waals surface area contributed by atoms with E-state index in [4.69, 9.17) is 41.5 Å². The van der Waals surface area contributed by atoms with Crippen LogP contribution < -0.4 is 5.73 Å². The maximum atomic E-state index is 9.90. The molecule has 0 fully saturated rings. The van der Waals surface area contributed by atoms with Crippen LogP contribution in [-0.4, -0.2) is 92.2 Å². The van der Waals surface area contributed by atoms with Gasteiger partial charge in [0.2, 0.25) is 0 Å². The molecule has 0 rings (SSSR count). The Kier molecular flexibility index (Phi) is 17.1. The van der Waals surface area contributed by atoms with E-state index in [1.165, 1.54) is 6.92 Å². The minimum Gasteiger partial charge on any atom is -0.480 e. The van der Waals surface area contributed by atoms with Crippen LogP contribution in [-0.2, 0) is 9.59 Å². The van der Waals surface area contributed by atoms with E-state index >= 15 is 0 Å². The standard InChI is InChI=1S/C6H12O6.C3H7NO2.CH4O/c7-1-3(9)5(11)6(12)4(10)2-8;1-2(4)3(5)6;1-2/h1,3-6,8-12H,2H2;2H,4H2,1H3,(H,5,6);2H,1H3/t3-,4+,5+,6+;2-;/m00./s1. The fraction of sp³-hybridized carbons (Fsp3) is 0.800. The number of hydrogen-bond donors (Lipinski definition) is 8. The first kappa shape index (κ1) is 23.9. The van der Waals surface area contributed by atoms with Crippen molar-refractivity contribution < 1.29 is 45.3 Å². The molecule has 0 saturated carbocycles. The van der Waals surface area contributed by atoms with Gasteiger partial charge in [-0.1, -0.05) is 0 Å². The summed E-state index contributed by atoms with van der Waals surface area (Å²) in [5.41, 5.74) is 4.84. The third-order valence-electron chi connectivity index (χ3n) is 1.81. The first-order valence-corrected chi connectivity index (χ1v) is 5.40. The monoisotopic (exact) mass is 301 g/mol. The van der Waals surface area contributed by atoms with E-state index < -0.39 is 43.0 Å². The highest BCUT2D eigenvalue weighted by atomic mass is 16.4. The Morgan fingerprint density at radius 2 is 1.50 bits per heavy atom. The van der Waals surface area contributed by atoms with Gasteiger partial charge < -0.3 is 46.3 Å². The Morgan fingerprint density at radius 1 is 1.15 bits per heavy atom. The summed E-state index contributed by atoms with van der Waals surface area (Å²) in [6, 6.07) is -0.731. The molecule has 0 aliphatic heterocycles. The number of carboxylic acids is 1. The Morgan fingerprint density at radius 3 is 1.70 bits per heavy atom. The van der Waals surface area contributed by atoms with Crippen LogP contribution in [0.1, 0.15) is 6.92 Å². The van der Waals surface area contributed by atoms with Crippen LogP contribution in [0.25, 0.3) is 0 Å². The lowest BCUT2D eigenvalue weighted by molar-refractivity contribution is -0.138. The molecule has 0 radical (unpaired) electrons. The molecule has 5 atom stereocenters. The molecule has 0 spiro atoms. The highest BCUT2D eigenvalue weighted by Crippen LogP contribution is 2.02. The number of aliphatic carboxylic acids is 1. The molecule has 122 valence electrons. The van der Waals surface area contributed by atoms with E-state index in [1.54, 1.807) is 0 Å². The van der Waals surface area contributed by atoms with E-state index in [0.29, 0.717) is 0 Å². The molecule has 0 heterocycles. The SMILES string of the molecule is CO.C[C@H](N)C(=O)O.O=C[C@H](O)[C@@H](O)[C@H](O)[C@H](O)CO. The van der Waals surface area contributed by atoms with E-state index in [-0.39, 0.29) is 6.29 Å². The summed E-state index contributed by atoms with van der Waals surface area (Å²) >= 11 is 0. The maximum Gasteiger partial charge on any atom is 0.320 e. The van der Waals surface area contributed by atoms with Crippen molar-refractivity contribution in [2.45, 2.75) is 37.4 Å². The second kappa shape index (κ2) is 14.3. The molecule has 0 unspecified atom stereocenters. The number of nitrogens with two attached hydrogens (primary N) is 1. The van der Waals surface area contributed by atoms with Crippen molar-refractivity contribution in [2.75, 3.05) is 13.7 Å². The Bertz CT molecular complexity index is 249. The number of rotatable bonds is 6. The molecular weight excluding hydrogens is 278 g/mol. The van der Waals surface area contributed by atoms with Crippen LogP contribution >= 0.6 is 0 Å². The first-order valence-electron chi connectivity index (χ1n) is 5.40. The van der Waals surface area contributed by atoms with Gasteiger partial charge in [0.1, 0.15) is 30.5 Å². The van der Waals surface area contributed by atoms with Gasteiger partial charge in [0, 0.05) is 7.11 Å². The summed E-state index contributed by atoms with van der Waals surface area (Å²) in [7, 11) is 1.00. The minimum absolute atomic E-state index is 0.0258. The van der Waals surface area contributed by atoms with Gasteiger partial charge in [0.15, 0.2) is 6.29 Å². The second-order valence-electron chi connectivity index (χ2n) is 3.48. The topological polar surface area (TPSA) is 202 Å². The van der Waals surface area contributed by atoms with Crippen LogP contribution in [0.3, 0.4) is 0 Å². The number of aliphatic hydroxyl groups is 6. The average Bonchev–Trinajstić information content (AvgIpc) is 2.46. The van der Waals surface area contributed by atoms with Gasteiger partial charge in [-0.2, -0.15) is 0 Å². The maximum absolute atomic E-state index is 9.90. The number of carbonyl (C=O) groups is 2. The minimum atomic E-state index is -1.79. The number of carboxylic acid groups (broad SMARTS) is 1. The van der Waals surface area contributed by atoms with Crippen molar-refractivity contribution in [1.82, 2.24) is 0 Å². The van der Waals surface area contributed by atoms with Crippen LogP contribution in [0.2, 0.25) is 0 Å². The van der Waals surface area contributed by atoms with Crippen molar-refractivity contribution in [3.8, 4) is 0 Å². The molecule has 10 nitrogen and oxygen atoms in total. The molecule has 10 heteroatoms. The normalized spacial score (nSPS) is 17.1. The summed E-state index contributed by atoms with van der Waals surface area (Å²) in [5.74, 6) is -0.963. The predicted molar refractivity (Wildman–Crippen MR) is 66.6 cm³/mol. The molecule has 20 heavy (non-hydrogen) atoms. The zero-order chi connectivity index (χ0) is 16.9. The first-order chi connectivity index (χ1) is 9.18. The lowest BCUT2D eigenvalue weighted by Gasteiger charge is -2.22. The number of aldehydes is 1. The average molecular weight is 301 g/mol. The van der Waals surface area contributed by atoms with Crippen LogP contribution in [0.5, 0.6) is 0 Å². The Hall–Kier alpha value is -1.14. The number of aliphatic hydroxyl groups excluding tert-OH is 6. The van der Waals surface area contributed by atoms with Crippen molar-refractivity contribution in [1.29, 1.82) is 0 Å². The second-order valence-corrected chi connectivity index (χ2v) is 3.48. The Balaban J connectivity index is -0.000000304. The molecule has 0 aromatic carbocycles. The zero-order valence-corrected chi connectivity index (χ0v) is 11.2. The van der Waals surface area contributed by atoms with Crippen molar-refractivity contribution in [3.63, 3.8) is 0 Å². The summed E-state index contributed by atoms with van der Waals surface area (Å²) in [6.45, 7) is 0.659. The fourth-order valence-corrected chi connectivity index (χ4v) is 0.618. The summed E-state index contributed by atoms with van der Waals surface area (Å²) in [6.07, 6.45) is -6.84. The summed E-state index contributed by atoms with van der Waals surface area (Å²) in [4.78, 5) is 19.5. The van der Waals surface area contributed by atoms with Gasteiger partial charge in [0.05, 0.1) is 6.61 Å². The lowest BCUT2D eigenvalue weighted by Crippen LogP contribution is -2.46. The molecule has 0 saturated heterocycles. The van der Waals surface area contributed by atoms with Crippen molar-refractivity contribution >= 4 is 12.3 Å². The van der Waals surface area contributed by atoms with Gasteiger partial charge in [-0.3, -0.25) is 4.79 Å².